The zero-order chi connectivity index (χ0) is 17.2. The summed E-state index contributed by atoms with van der Waals surface area (Å²) in [6.07, 6.45) is 3.46. The summed E-state index contributed by atoms with van der Waals surface area (Å²) in [6, 6.07) is 7.07. The van der Waals surface area contributed by atoms with Crippen molar-refractivity contribution in [2.75, 3.05) is 26.3 Å². The molecule has 0 atom stereocenters. The van der Waals surface area contributed by atoms with Crippen LogP contribution in [0.2, 0.25) is 0 Å². The van der Waals surface area contributed by atoms with Crippen molar-refractivity contribution in [3.8, 4) is 0 Å². The maximum Gasteiger partial charge on any atom is 0.243 e. The molecule has 0 aliphatic carbocycles. The van der Waals surface area contributed by atoms with Gasteiger partial charge in [-0.25, -0.2) is 8.42 Å². The van der Waals surface area contributed by atoms with Crippen molar-refractivity contribution in [2.45, 2.75) is 56.1 Å². The molecule has 0 unspecified atom stereocenters. The van der Waals surface area contributed by atoms with Gasteiger partial charge in [0, 0.05) is 26.3 Å². The zero-order valence-electron chi connectivity index (χ0n) is 14.5. The molecule has 0 saturated carbocycles. The standard InChI is InChI=1S/C18H27NO4S/c1-15-3-5-17(6-4-15)24(20,21)19-11-7-16(8-12-19)23-18(2)9-13-22-14-10-18/h3-6,16H,7-14H2,1-2H3. The third-order valence-electron chi connectivity index (χ3n) is 5.06. The van der Waals surface area contributed by atoms with Crippen molar-refractivity contribution in [1.29, 1.82) is 0 Å². The van der Waals surface area contributed by atoms with Crippen LogP contribution in [0.1, 0.15) is 38.2 Å². The summed E-state index contributed by atoms with van der Waals surface area (Å²) in [6.45, 7) is 6.64. The molecule has 3 rings (SSSR count). The van der Waals surface area contributed by atoms with Gasteiger partial charge in [0.2, 0.25) is 10.0 Å². The van der Waals surface area contributed by atoms with E-state index in [-0.39, 0.29) is 11.7 Å². The lowest BCUT2D eigenvalue weighted by Crippen LogP contribution is -2.45. The van der Waals surface area contributed by atoms with Crippen molar-refractivity contribution in [3.63, 3.8) is 0 Å². The maximum atomic E-state index is 12.7. The highest BCUT2D eigenvalue weighted by Gasteiger charge is 2.35. The quantitative estimate of drug-likeness (QED) is 0.835. The van der Waals surface area contributed by atoms with E-state index in [4.69, 9.17) is 9.47 Å². The minimum Gasteiger partial charge on any atom is -0.381 e. The van der Waals surface area contributed by atoms with E-state index in [2.05, 4.69) is 6.92 Å². The molecule has 0 spiro atoms. The fourth-order valence-corrected chi connectivity index (χ4v) is 4.84. The van der Waals surface area contributed by atoms with Crippen LogP contribution in [0.25, 0.3) is 0 Å². The first kappa shape index (κ1) is 17.9. The highest BCUT2D eigenvalue weighted by atomic mass is 32.2. The first-order valence-electron chi connectivity index (χ1n) is 8.71. The molecule has 5 nitrogen and oxygen atoms in total. The smallest absolute Gasteiger partial charge is 0.243 e. The lowest BCUT2D eigenvalue weighted by atomic mass is 9.95. The van der Waals surface area contributed by atoms with Gasteiger partial charge in [-0.15, -0.1) is 0 Å². The number of benzene rings is 1. The zero-order valence-corrected chi connectivity index (χ0v) is 15.3. The van der Waals surface area contributed by atoms with E-state index in [9.17, 15) is 8.42 Å². The van der Waals surface area contributed by atoms with Crippen molar-refractivity contribution in [3.05, 3.63) is 29.8 Å². The van der Waals surface area contributed by atoms with Gasteiger partial charge in [0.15, 0.2) is 0 Å². The third kappa shape index (κ3) is 3.99. The summed E-state index contributed by atoms with van der Waals surface area (Å²) in [4.78, 5) is 0.379. The Morgan fingerprint density at radius 3 is 2.29 bits per heavy atom. The molecule has 0 N–H and O–H groups in total. The van der Waals surface area contributed by atoms with E-state index in [0.29, 0.717) is 18.0 Å². The second-order valence-corrected chi connectivity index (χ2v) is 9.03. The average Bonchev–Trinajstić information content (AvgIpc) is 2.56. The molecular weight excluding hydrogens is 326 g/mol. The number of hydrogen-bond donors (Lipinski definition) is 0. The van der Waals surface area contributed by atoms with Crippen LogP contribution >= 0.6 is 0 Å². The molecule has 1 aromatic carbocycles. The second-order valence-electron chi connectivity index (χ2n) is 7.10. The Hall–Kier alpha value is -0.950. The molecule has 2 fully saturated rings. The number of rotatable bonds is 4. The molecule has 134 valence electrons. The SMILES string of the molecule is Cc1ccc(S(=O)(=O)N2CCC(OC3(C)CCOCC3)CC2)cc1. The summed E-state index contributed by atoms with van der Waals surface area (Å²) in [5.41, 5.74) is 0.937. The van der Waals surface area contributed by atoms with E-state index in [1.807, 2.05) is 19.1 Å². The fourth-order valence-electron chi connectivity index (χ4n) is 3.37. The van der Waals surface area contributed by atoms with E-state index in [1.165, 1.54) is 0 Å². The number of sulfonamides is 1. The van der Waals surface area contributed by atoms with E-state index >= 15 is 0 Å². The molecule has 0 amide bonds. The Morgan fingerprint density at radius 1 is 1.12 bits per heavy atom. The minimum absolute atomic E-state index is 0.124. The Balaban J connectivity index is 1.59. The van der Waals surface area contributed by atoms with Gasteiger partial charge in [-0.3, -0.25) is 0 Å². The van der Waals surface area contributed by atoms with Gasteiger partial charge in [0.05, 0.1) is 16.6 Å². The molecule has 0 bridgehead atoms. The van der Waals surface area contributed by atoms with Gasteiger partial charge in [-0.1, -0.05) is 17.7 Å². The molecule has 0 aromatic heterocycles. The first-order valence-corrected chi connectivity index (χ1v) is 10.2. The topological polar surface area (TPSA) is 55.8 Å². The van der Waals surface area contributed by atoms with Gasteiger partial charge in [-0.2, -0.15) is 4.31 Å². The Labute approximate surface area is 145 Å². The van der Waals surface area contributed by atoms with Crippen molar-refractivity contribution in [1.82, 2.24) is 4.31 Å². The molecule has 6 heteroatoms. The van der Waals surface area contributed by atoms with Crippen molar-refractivity contribution < 1.29 is 17.9 Å². The van der Waals surface area contributed by atoms with Gasteiger partial charge in [0.25, 0.3) is 0 Å². The number of ether oxygens (including phenoxy) is 2. The molecule has 2 aliphatic rings. The van der Waals surface area contributed by atoms with E-state index in [0.717, 1.165) is 44.5 Å². The Morgan fingerprint density at radius 2 is 1.71 bits per heavy atom. The number of nitrogens with zero attached hydrogens (tertiary/aromatic N) is 1. The van der Waals surface area contributed by atoms with Crippen molar-refractivity contribution >= 4 is 10.0 Å². The van der Waals surface area contributed by atoms with E-state index in [1.54, 1.807) is 16.4 Å². The van der Waals surface area contributed by atoms with Gasteiger partial charge in [0.1, 0.15) is 0 Å². The number of hydrogen-bond acceptors (Lipinski definition) is 4. The van der Waals surface area contributed by atoms with Crippen LogP contribution in [0.3, 0.4) is 0 Å². The van der Waals surface area contributed by atoms with Crippen LogP contribution in [0.4, 0.5) is 0 Å². The minimum atomic E-state index is -3.39. The monoisotopic (exact) mass is 353 g/mol. The van der Waals surface area contributed by atoms with Gasteiger partial charge >= 0.3 is 0 Å². The molecule has 0 radical (unpaired) electrons. The largest absolute Gasteiger partial charge is 0.381 e. The van der Waals surface area contributed by atoms with Crippen LogP contribution in [0, 0.1) is 6.92 Å². The third-order valence-corrected chi connectivity index (χ3v) is 6.97. The Kier molecular flexibility index (Phi) is 5.30. The van der Waals surface area contributed by atoms with Crippen molar-refractivity contribution in [2.24, 2.45) is 0 Å². The molecule has 1 aromatic rings. The summed E-state index contributed by atoms with van der Waals surface area (Å²) in [7, 11) is -3.39. The van der Waals surface area contributed by atoms with Crippen LogP contribution in [-0.2, 0) is 19.5 Å². The fraction of sp³-hybridized carbons (Fsp3) is 0.667. The summed E-state index contributed by atoms with van der Waals surface area (Å²) in [5, 5.41) is 0. The van der Waals surface area contributed by atoms with Crippen LogP contribution in [-0.4, -0.2) is 50.7 Å². The molecule has 24 heavy (non-hydrogen) atoms. The molecule has 2 aliphatic heterocycles. The van der Waals surface area contributed by atoms with Crippen LogP contribution in [0.5, 0.6) is 0 Å². The predicted molar refractivity (Wildman–Crippen MR) is 92.5 cm³/mol. The van der Waals surface area contributed by atoms with Gasteiger partial charge in [-0.05, 0) is 51.7 Å². The summed E-state index contributed by atoms with van der Waals surface area (Å²) < 4.78 is 38.7. The second kappa shape index (κ2) is 7.12. The molecular formula is C18H27NO4S. The normalized spacial score (nSPS) is 23.2. The molecule has 2 heterocycles. The van der Waals surface area contributed by atoms with Gasteiger partial charge < -0.3 is 9.47 Å². The first-order chi connectivity index (χ1) is 11.4. The van der Waals surface area contributed by atoms with Crippen LogP contribution < -0.4 is 0 Å². The number of piperidine rings is 1. The van der Waals surface area contributed by atoms with Crippen LogP contribution in [0.15, 0.2) is 29.2 Å². The lowest BCUT2D eigenvalue weighted by Gasteiger charge is -2.40. The summed E-state index contributed by atoms with van der Waals surface area (Å²) in [5.74, 6) is 0. The highest BCUT2D eigenvalue weighted by molar-refractivity contribution is 7.89. The average molecular weight is 353 g/mol. The Bertz CT molecular complexity index is 642. The van der Waals surface area contributed by atoms with E-state index < -0.39 is 10.0 Å². The lowest BCUT2D eigenvalue weighted by molar-refractivity contribution is -0.141. The highest BCUT2D eigenvalue weighted by Crippen LogP contribution is 2.30. The summed E-state index contributed by atoms with van der Waals surface area (Å²) >= 11 is 0. The molecule has 2 saturated heterocycles. The number of aryl methyl sites for hydroxylation is 1. The maximum absolute atomic E-state index is 12.7. The predicted octanol–water partition coefficient (Wildman–Crippen LogP) is 2.73.